The average molecular weight is 153 g/mol. The van der Waals surface area contributed by atoms with Gasteiger partial charge in [0.1, 0.15) is 0 Å². The van der Waals surface area contributed by atoms with E-state index in [0.717, 1.165) is 12.8 Å². The van der Waals surface area contributed by atoms with Gasteiger partial charge in [0, 0.05) is 6.54 Å². The first-order chi connectivity index (χ1) is 5.37. The summed E-state index contributed by atoms with van der Waals surface area (Å²) in [5, 5.41) is 3.58. The van der Waals surface area contributed by atoms with Crippen LogP contribution in [0.1, 0.15) is 25.2 Å². The molecule has 0 bridgehead atoms. The SMILES string of the molecule is NCC1(c2ncno2)CCC1. The number of nitrogens with zero attached hydrogens (tertiary/aromatic N) is 2. The van der Waals surface area contributed by atoms with Crippen LogP contribution in [0.25, 0.3) is 0 Å². The molecule has 0 spiro atoms. The van der Waals surface area contributed by atoms with Crippen LogP contribution in [0.15, 0.2) is 10.9 Å². The summed E-state index contributed by atoms with van der Waals surface area (Å²) in [6, 6.07) is 0. The number of aromatic nitrogens is 2. The highest BCUT2D eigenvalue weighted by molar-refractivity contribution is 5.09. The van der Waals surface area contributed by atoms with Crippen LogP contribution in [0.5, 0.6) is 0 Å². The van der Waals surface area contributed by atoms with Crippen LogP contribution in [-0.2, 0) is 5.41 Å². The van der Waals surface area contributed by atoms with Crippen molar-refractivity contribution in [2.24, 2.45) is 5.73 Å². The summed E-state index contributed by atoms with van der Waals surface area (Å²) < 4.78 is 4.99. The van der Waals surface area contributed by atoms with Crippen molar-refractivity contribution in [3.05, 3.63) is 12.2 Å². The van der Waals surface area contributed by atoms with Crippen LogP contribution in [0.2, 0.25) is 0 Å². The standard InChI is InChI=1S/C7H11N3O/c8-4-7(2-1-3-7)6-9-5-10-11-6/h5H,1-4,8H2. The second-order valence-electron chi connectivity index (χ2n) is 3.08. The maximum atomic E-state index is 5.63. The van der Waals surface area contributed by atoms with E-state index in [1.165, 1.54) is 12.7 Å². The molecule has 1 fully saturated rings. The summed E-state index contributed by atoms with van der Waals surface area (Å²) >= 11 is 0. The van der Waals surface area contributed by atoms with Crippen molar-refractivity contribution in [3.63, 3.8) is 0 Å². The van der Waals surface area contributed by atoms with Crippen molar-refractivity contribution in [3.8, 4) is 0 Å². The average Bonchev–Trinajstić information content (AvgIpc) is 2.39. The molecule has 2 rings (SSSR count). The Kier molecular flexibility index (Phi) is 1.42. The molecule has 0 unspecified atom stereocenters. The molecule has 4 nitrogen and oxygen atoms in total. The van der Waals surface area contributed by atoms with E-state index in [9.17, 15) is 0 Å². The highest BCUT2D eigenvalue weighted by atomic mass is 16.5. The third kappa shape index (κ3) is 0.860. The zero-order chi connectivity index (χ0) is 7.73. The van der Waals surface area contributed by atoms with Crippen LogP contribution < -0.4 is 5.73 Å². The van der Waals surface area contributed by atoms with Gasteiger partial charge in [-0.05, 0) is 12.8 Å². The summed E-state index contributed by atoms with van der Waals surface area (Å²) in [5.41, 5.74) is 5.66. The van der Waals surface area contributed by atoms with Crippen LogP contribution in [0.3, 0.4) is 0 Å². The van der Waals surface area contributed by atoms with Gasteiger partial charge in [-0.25, -0.2) is 0 Å². The molecule has 0 saturated heterocycles. The minimum Gasteiger partial charge on any atom is -0.339 e. The fourth-order valence-electron chi connectivity index (χ4n) is 1.52. The van der Waals surface area contributed by atoms with Crippen molar-refractivity contribution < 1.29 is 4.52 Å². The lowest BCUT2D eigenvalue weighted by Crippen LogP contribution is -2.41. The topological polar surface area (TPSA) is 64.9 Å². The summed E-state index contributed by atoms with van der Waals surface area (Å²) in [4.78, 5) is 4.02. The predicted molar refractivity (Wildman–Crippen MR) is 38.9 cm³/mol. The van der Waals surface area contributed by atoms with Gasteiger partial charge in [-0.2, -0.15) is 4.98 Å². The number of hydrogen-bond acceptors (Lipinski definition) is 4. The van der Waals surface area contributed by atoms with Crippen LogP contribution in [0.4, 0.5) is 0 Å². The molecule has 1 aromatic rings. The van der Waals surface area contributed by atoms with Crippen molar-refractivity contribution >= 4 is 0 Å². The Bertz CT molecular complexity index is 222. The number of nitrogens with two attached hydrogens (primary N) is 1. The number of hydrogen-bond donors (Lipinski definition) is 1. The van der Waals surface area contributed by atoms with Crippen LogP contribution in [0, 0.1) is 0 Å². The quantitative estimate of drug-likeness (QED) is 0.670. The molecule has 1 saturated carbocycles. The van der Waals surface area contributed by atoms with E-state index < -0.39 is 0 Å². The minimum absolute atomic E-state index is 0.0243. The summed E-state index contributed by atoms with van der Waals surface area (Å²) in [6.07, 6.45) is 4.84. The van der Waals surface area contributed by atoms with Crippen molar-refractivity contribution in [1.82, 2.24) is 10.1 Å². The molecule has 0 radical (unpaired) electrons. The summed E-state index contributed by atoms with van der Waals surface area (Å²) in [5.74, 6) is 0.714. The third-order valence-electron chi connectivity index (χ3n) is 2.52. The first-order valence-electron chi connectivity index (χ1n) is 3.85. The Morgan fingerprint density at radius 1 is 1.64 bits per heavy atom. The van der Waals surface area contributed by atoms with Crippen molar-refractivity contribution in [1.29, 1.82) is 0 Å². The molecule has 11 heavy (non-hydrogen) atoms. The molecule has 2 N–H and O–H groups in total. The summed E-state index contributed by atoms with van der Waals surface area (Å²) in [6.45, 7) is 0.620. The molecule has 1 aliphatic rings. The molecule has 0 aliphatic heterocycles. The van der Waals surface area contributed by atoms with E-state index in [1.54, 1.807) is 0 Å². The molecule has 1 heterocycles. The molecular formula is C7H11N3O. The molecule has 0 atom stereocenters. The minimum atomic E-state index is 0.0243. The summed E-state index contributed by atoms with van der Waals surface area (Å²) in [7, 11) is 0. The van der Waals surface area contributed by atoms with Gasteiger partial charge in [0.2, 0.25) is 5.89 Å². The highest BCUT2D eigenvalue weighted by Crippen LogP contribution is 2.41. The van der Waals surface area contributed by atoms with Gasteiger partial charge < -0.3 is 10.3 Å². The first-order valence-corrected chi connectivity index (χ1v) is 3.85. The van der Waals surface area contributed by atoms with Gasteiger partial charge in [-0.15, -0.1) is 0 Å². The zero-order valence-electron chi connectivity index (χ0n) is 6.29. The van der Waals surface area contributed by atoms with E-state index in [1.807, 2.05) is 0 Å². The fraction of sp³-hybridized carbons (Fsp3) is 0.714. The van der Waals surface area contributed by atoms with Gasteiger partial charge >= 0.3 is 0 Å². The Hall–Kier alpha value is -0.900. The van der Waals surface area contributed by atoms with Gasteiger partial charge in [-0.3, -0.25) is 0 Å². The maximum absolute atomic E-state index is 5.63. The van der Waals surface area contributed by atoms with E-state index in [4.69, 9.17) is 10.3 Å². The molecular weight excluding hydrogens is 142 g/mol. The Morgan fingerprint density at radius 2 is 2.45 bits per heavy atom. The van der Waals surface area contributed by atoms with Gasteiger partial charge in [0.05, 0.1) is 5.41 Å². The first kappa shape index (κ1) is 6.79. The maximum Gasteiger partial charge on any atom is 0.233 e. The van der Waals surface area contributed by atoms with Gasteiger partial charge in [0.25, 0.3) is 0 Å². The van der Waals surface area contributed by atoms with E-state index >= 15 is 0 Å². The monoisotopic (exact) mass is 153 g/mol. The van der Waals surface area contributed by atoms with Crippen LogP contribution in [-0.4, -0.2) is 16.7 Å². The lowest BCUT2D eigenvalue weighted by atomic mass is 9.69. The second-order valence-corrected chi connectivity index (χ2v) is 3.08. The Labute approximate surface area is 64.8 Å². The molecule has 4 heteroatoms. The molecule has 1 aliphatic carbocycles. The van der Waals surface area contributed by atoms with Gasteiger partial charge in [0.15, 0.2) is 6.33 Å². The van der Waals surface area contributed by atoms with E-state index in [0.29, 0.717) is 12.4 Å². The largest absolute Gasteiger partial charge is 0.339 e. The third-order valence-corrected chi connectivity index (χ3v) is 2.52. The second kappa shape index (κ2) is 2.30. The van der Waals surface area contributed by atoms with Crippen molar-refractivity contribution in [2.45, 2.75) is 24.7 Å². The Morgan fingerprint density at radius 3 is 2.82 bits per heavy atom. The predicted octanol–water partition coefficient (Wildman–Crippen LogP) is 0.450. The van der Waals surface area contributed by atoms with Crippen molar-refractivity contribution in [2.75, 3.05) is 6.54 Å². The molecule has 0 aromatic carbocycles. The fourth-order valence-corrected chi connectivity index (χ4v) is 1.52. The zero-order valence-corrected chi connectivity index (χ0v) is 6.29. The Balaban J connectivity index is 2.25. The molecule has 60 valence electrons. The van der Waals surface area contributed by atoms with Crippen LogP contribution >= 0.6 is 0 Å². The normalized spacial score (nSPS) is 21.2. The van der Waals surface area contributed by atoms with E-state index in [-0.39, 0.29) is 5.41 Å². The smallest absolute Gasteiger partial charge is 0.233 e. The highest BCUT2D eigenvalue weighted by Gasteiger charge is 2.41. The molecule has 0 amide bonds. The van der Waals surface area contributed by atoms with E-state index in [2.05, 4.69) is 10.1 Å². The lowest BCUT2D eigenvalue weighted by molar-refractivity contribution is 0.182. The van der Waals surface area contributed by atoms with Gasteiger partial charge in [-0.1, -0.05) is 11.6 Å². The number of rotatable bonds is 2. The lowest BCUT2D eigenvalue weighted by Gasteiger charge is -2.36. The molecule has 1 aromatic heterocycles.